The van der Waals surface area contributed by atoms with E-state index in [1.165, 1.54) is 18.4 Å². The van der Waals surface area contributed by atoms with Crippen molar-refractivity contribution in [2.24, 2.45) is 5.92 Å². The zero-order valence-corrected chi connectivity index (χ0v) is 18.0. The molecule has 6 rings (SSSR count). The van der Waals surface area contributed by atoms with E-state index >= 15 is 0 Å². The molecule has 1 saturated heterocycles. The lowest BCUT2D eigenvalue weighted by molar-refractivity contribution is -0.201. The molecule has 1 aromatic rings. The number of benzene rings is 1. The molecule has 5 atom stereocenters. The summed E-state index contributed by atoms with van der Waals surface area (Å²) in [5, 5.41) is 42.4. The number of rotatable bonds is 7. The van der Waals surface area contributed by atoms with E-state index in [9.17, 15) is 20.4 Å². The van der Waals surface area contributed by atoms with Gasteiger partial charge in [0.1, 0.15) is 6.10 Å². The molecule has 0 radical (unpaired) electrons. The monoisotopic (exact) mass is 430 g/mol. The van der Waals surface area contributed by atoms with E-state index < -0.39 is 11.0 Å². The largest absolute Gasteiger partial charge is 0.504 e. The van der Waals surface area contributed by atoms with Crippen LogP contribution in [0.15, 0.2) is 12.1 Å². The highest BCUT2D eigenvalue weighted by Gasteiger charge is 2.73. The Morgan fingerprint density at radius 1 is 1.10 bits per heavy atom. The minimum atomic E-state index is -0.891. The Hall–Kier alpha value is -1.38. The summed E-state index contributed by atoms with van der Waals surface area (Å²) in [5.74, 6) is 1.47. The Labute approximate surface area is 183 Å². The first-order valence-electron chi connectivity index (χ1n) is 12.0. The Morgan fingerprint density at radius 3 is 2.58 bits per heavy atom. The number of phenols is 1. The zero-order chi connectivity index (χ0) is 21.4. The molecule has 5 aliphatic rings. The molecular formula is C24H34N2O5. The van der Waals surface area contributed by atoms with Crippen molar-refractivity contribution in [3.8, 4) is 11.5 Å². The maximum atomic E-state index is 12.4. The molecule has 2 aliphatic heterocycles. The summed E-state index contributed by atoms with van der Waals surface area (Å²) in [6, 6.07) is 3.81. The second kappa shape index (κ2) is 7.06. The van der Waals surface area contributed by atoms with Crippen molar-refractivity contribution in [3.63, 3.8) is 0 Å². The van der Waals surface area contributed by atoms with E-state index in [1.54, 1.807) is 6.07 Å². The van der Waals surface area contributed by atoms with Gasteiger partial charge in [-0.05, 0) is 62.6 Å². The van der Waals surface area contributed by atoms with Gasteiger partial charge in [0.2, 0.25) is 0 Å². The molecule has 1 unspecified atom stereocenters. The molecule has 2 saturated carbocycles. The standard InChI is InChI=1S/C24H34N2O5/c27-11-9-25(10-12-28)17-5-6-24(30)19-13-16-3-4-18(29)21-20(16)23(24,22(17)31-21)7-8-26(19)14-15-1-2-15/h3-4,15,17,19,22,27-30H,1-2,5-14H2/t17-,19?,22+,23+,24-/m0/s1. The van der Waals surface area contributed by atoms with Crippen LogP contribution in [0.2, 0.25) is 0 Å². The van der Waals surface area contributed by atoms with Crippen LogP contribution in [-0.4, -0.2) is 93.4 Å². The second-order valence-corrected chi connectivity index (χ2v) is 10.4. The quantitative estimate of drug-likeness (QED) is 0.503. The fourth-order valence-electron chi connectivity index (χ4n) is 7.53. The summed E-state index contributed by atoms with van der Waals surface area (Å²) in [4.78, 5) is 4.65. The smallest absolute Gasteiger partial charge is 0.165 e. The molecule has 2 heterocycles. The Kier molecular flexibility index (Phi) is 4.61. The van der Waals surface area contributed by atoms with Gasteiger partial charge in [0.15, 0.2) is 11.5 Å². The number of piperidine rings is 1. The summed E-state index contributed by atoms with van der Waals surface area (Å²) in [6.07, 6.45) is 5.33. The first-order chi connectivity index (χ1) is 15.0. The molecule has 1 spiro atoms. The fourth-order valence-corrected chi connectivity index (χ4v) is 7.53. The average Bonchev–Trinajstić information content (AvgIpc) is 3.49. The third-order valence-corrected chi connectivity index (χ3v) is 8.97. The minimum absolute atomic E-state index is 0.0156. The number of aliphatic hydroxyl groups is 3. The molecule has 7 heteroatoms. The third kappa shape index (κ3) is 2.64. The molecule has 7 nitrogen and oxygen atoms in total. The number of hydrogen-bond acceptors (Lipinski definition) is 7. The third-order valence-electron chi connectivity index (χ3n) is 8.97. The molecule has 0 aromatic heterocycles. The van der Waals surface area contributed by atoms with Crippen LogP contribution in [0, 0.1) is 5.92 Å². The lowest BCUT2D eigenvalue weighted by Gasteiger charge is -2.65. The van der Waals surface area contributed by atoms with Gasteiger partial charge in [0.25, 0.3) is 0 Å². The van der Waals surface area contributed by atoms with Crippen LogP contribution in [0.4, 0.5) is 0 Å². The number of ether oxygens (including phenoxy) is 1. The predicted octanol–water partition coefficient (Wildman–Crippen LogP) is 0.611. The highest BCUT2D eigenvalue weighted by Crippen LogP contribution is 2.66. The Bertz CT molecular complexity index is 870. The van der Waals surface area contributed by atoms with E-state index in [-0.39, 0.29) is 37.2 Å². The van der Waals surface area contributed by atoms with Crippen LogP contribution in [0.1, 0.15) is 43.2 Å². The van der Waals surface area contributed by atoms with E-state index in [1.807, 2.05) is 6.07 Å². The first-order valence-corrected chi connectivity index (χ1v) is 12.0. The van der Waals surface area contributed by atoms with E-state index in [4.69, 9.17) is 4.74 Å². The van der Waals surface area contributed by atoms with E-state index in [0.29, 0.717) is 25.3 Å². The van der Waals surface area contributed by atoms with Crippen molar-refractivity contribution in [2.45, 2.75) is 67.7 Å². The number of aliphatic hydroxyl groups excluding tert-OH is 2. The highest BCUT2D eigenvalue weighted by atomic mass is 16.5. The maximum absolute atomic E-state index is 12.4. The molecule has 3 fully saturated rings. The minimum Gasteiger partial charge on any atom is -0.504 e. The molecule has 3 aliphatic carbocycles. The van der Waals surface area contributed by atoms with Gasteiger partial charge < -0.3 is 25.2 Å². The summed E-state index contributed by atoms with van der Waals surface area (Å²) in [6.45, 7) is 2.96. The van der Waals surface area contributed by atoms with Crippen LogP contribution in [0.25, 0.3) is 0 Å². The summed E-state index contributed by atoms with van der Waals surface area (Å²) in [5.41, 5.74) is 0.782. The van der Waals surface area contributed by atoms with Gasteiger partial charge in [-0.3, -0.25) is 9.80 Å². The van der Waals surface area contributed by atoms with Gasteiger partial charge in [-0.2, -0.15) is 0 Å². The van der Waals surface area contributed by atoms with Crippen LogP contribution < -0.4 is 4.74 Å². The van der Waals surface area contributed by atoms with Gasteiger partial charge in [0, 0.05) is 37.3 Å². The summed E-state index contributed by atoms with van der Waals surface area (Å²) < 4.78 is 6.56. The molecule has 1 aromatic carbocycles. The predicted molar refractivity (Wildman–Crippen MR) is 114 cm³/mol. The number of phenolic OH excluding ortho intramolecular Hbond substituents is 1. The van der Waals surface area contributed by atoms with Gasteiger partial charge in [-0.15, -0.1) is 0 Å². The van der Waals surface area contributed by atoms with E-state index in [0.717, 1.165) is 43.8 Å². The van der Waals surface area contributed by atoms with Crippen LogP contribution >= 0.6 is 0 Å². The number of nitrogens with zero attached hydrogens (tertiary/aromatic N) is 2. The number of aromatic hydroxyl groups is 1. The van der Waals surface area contributed by atoms with Crippen molar-refractivity contribution in [1.82, 2.24) is 9.80 Å². The Balaban J connectivity index is 1.47. The molecule has 2 bridgehead atoms. The van der Waals surface area contributed by atoms with Gasteiger partial charge in [0.05, 0.1) is 24.2 Å². The summed E-state index contributed by atoms with van der Waals surface area (Å²) >= 11 is 0. The zero-order valence-electron chi connectivity index (χ0n) is 18.0. The molecule has 170 valence electrons. The van der Waals surface area contributed by atoms with Crippen molar-refractivity contribution in [1.29, 1.82) is 0 Å². The van der Waals surface area contributed by atoms with Crippen LogP contribution in [0.5, 0.6) is 11.5 Å². The van der Waals surface area contributed by atoms with Crippen LogP contribution in [-0.2, 0) is 11.8 Å². The fraction of sp³-hybridized carbons (Fsp3) is 0.750. The normalized spacial score (nSPS) is 38.3. The second-order valence-electron chi connectivity index (χ2n) is 10.4. The Morgan fingerprint density at radius 2 is 1.87 bits per heavy atom. The van der Waals surface area contributed by atoms with E-state index in [2.05, 4.69) is 9.80 Å². The summed E-state index contributed by atoms with van der Waals surface area (Å²) in [7, 11) is 0. The average molecular weight is 431 g/mol. The van der Waals surface area contributed by atoms with Gasteiger partial charge in [-0.1, -0.05) is 6.07 Å². The SMILES string of the molecule is OCCN(CCO)[C@H]1CC[C@]2(O)C3Cc4ccc(O)c5c4[C@]2(CCN3CC2CC2)[C@@H]1O5. The van der Waals surface area contributed by atoms with Crippen molar-refractivity contribution >= 4 is 0 Å². The maximum Gasteiger partial charge on any atom is 0.165 e. The first kappa shape index (κ1) is 20.2. The molecule has 4 N–H and O–H groups in total. The van der Waals surface area contributed by atoms with Gasteiger partial charge in [-0.25, -0.2) is 0 Å². The van der Waals surface area contributed by atoms with Crippen molar-refractivity contribution < 1.29 is 25.2 Å². The number of likely N-dealkylation sites (tertiary alicyclic amines) is 1. The highest BCUT2D eigenvalue weighted by molar-refractivity contribution is 5.62. The molecule has 0 amide bonds. The number of hydrogen-bond donors (Lipinski definition) is 4. The van der Waals surface area contributed by atoms with Crippen molar-refractivity contribution in [3.05, 3.63) is 23.3 Å². The molecular weight excluding hydrogens is 396 g/mol. The lowest BCUT2D eigenvalue weighted by Crippen LogP contribution is -2.78. The topological polar surface area (TPSA) is 96.6 Å². The van der Waals surface area contributed by atoms with Crippen molar-refractivity contribution in [2.75, 3.05) is 39.4 Å². The lowest BCUT2D eigenvalue weighted by atomic mass is 9.48. The van der Waals surface area contributed by atoms with Gasteiger partial charge >= 0.3 is 0 Å². The van der Waals surface area contributed by atoms with Crippen LogP contribution in [0.3, 0.4) is 0 Å². The molecule has 31 heavy (non-hydrogen) atoms.